The maximum Gasteiger partial charge on any atom is 0.314 e. The van der Waals surface area contributed by atoms with Crippen molar-refractivity contribution in [3.05, 3.63) is 0 Å². The topological polar surface area (TPSA) is 95.7 Å². The second-order valence-corrected chi connectivity index (χ2v) is 6.00. The summed E-state index contributed by atoms with van der Waals surface area (Å²) in [5.74, 6) is 0.577. The summed E-state index contributed by atoms with van der Waals surface area (Å²) in [6.45, 7) is 1.92. The zero-order valence-electron chi connectivity index (χ0n) is 11.9. The van der Waals surface area contributed by atoms with Gasteiger partial charge in [0, 0.05) is 26.2 Å². The molecule has 0 bridgehead atoms. The van der Waals surface area contributed by atoms with Crippen LogP contribution >= 0.6 is 0 Å². The van der Waals surface area contributed by atoms with E-state index in [1.807, 2.05) is 0 Å². The lowest BCUT2D eigenvalue weighted by molar-refractivity contribution is -0.126. The van der Waals surface area contributed by atoms with Crippen molar-refractivity contribution < 1.29 is 14.7 Å². The first-order valence-corrected chi connectivity index (χ1v) is 7.54. The van der Waals surface area contributed by atoms with Crippen LogP contribution in [0, 0.1) is 17.8 Å². The number of carbonyl (C=O) groups is 2. The van der Waals surface area contributed by atoms with Crippen molar-refractivity contribution in [1.29, 1.82) is 0 Å². The first-order valence-electron chi connectivity index (χ1n) is 7.54. The third-order valence-electron chi connectivity index (χ3n) is 4.69. The fraction of sp³-hybridized carbons (Fsp3) is 0.857. The summed E-state index contributed by atoms with van der Waals surface area (Å²) < 4.78 is 0. The predicted octanol–water partition coefficient (Wildman–Crippen LogP) is 0.302. The first-order chi connectivity index (χ1) is 9.61. The molecule has 1 saturated carbocycles. The van der Waals surface area contributed by atoms with Gasteiger partial charge in [-0.25, -0.2) is 4.79 Å². The minimum Gasteiger partial charge on any atom is -0.396 e. The molecule has 114 valence electrons. The van der Waals surface area contributed by atoms with Crippen LogP contribution in [0.25, 0.3) is 0 Å². The zero-order valence-corrected chi connectivity index (χ0v) is 11.9. The molecule has 1 aliphatic heterocycles. The molecular formula is C14H25N3O3. The number of urea groups is 1. The van der Waals surface area contributed by atoms with Crippen LogP contribution in [-0.2, 0) is 4.79 Å². The molecule has 0 aromatic carbocycles. The number of hydrogen-bond donors (Lipinski definition) is 3. The molecule has 0 radical (unpaired) electrons. The average Bonchev–Trinajstić information content (AvgIpc) is 2.92. The molecule has 2 rings (SSSR count). The van der Waals surface area contributed by atoms with Gasteiger partial charge in [-0.3, -0.25) is 4.79 Å². The Morgan fingerprint density at radius 2 is 1.95 bits per heavy atom. The number of aliphatic hydroxyl groups excluding tert-OH is 1. The van der Waals surface area contributed by atoms with Gasteiger partial charge in [0.1, 0.15) is 0 Å². The van der Waals surface area contributed by atoms with Crippen molar-refractivity contribution in [2.75, 3.05) is 26.2 Å². The lowest BCUT2D eigenvalue weighted by Gasteiger charge is -2.31. The summed E-state index contributed by atoms with van der Waals surface area (Å²) >= 11 is 0. The van der Waals surface area contributed by atoms with Crippen molar-refractivity contribution in [2.45, 2.75) is 32.1 Å². The van der Waals surface area contributed by atoms with E-state index in [9.17, 15) is 14.7 Å². The van der Waals surface area contributed by atoms with Gasteiger partial charge in [0.15, 0.2) is 0 Å². The Balaban J connectivity index is 1.78. The number of amides is 3. The van der Waals surface area contributed by atoms with Gasteiger partial charge in [0.05, 0.1) is 5.92 Å². The third-order valence-corrected chi connectivity index (χ3v) is 4.69. The predicted molar refractivity (Wildman–Crippen MR) is 74.8 cm³/mol. The van der Waals surface area contributed by atoms with Crippen LogP contribution < -0.4 is 11.1 Å². The van der Waals surface area contributed by atoms with Crippen LogP contribution in [0.4, 0.5) is 4.79 Å². The summed E-state index contributed by atoms with van der Waals surface area (Å²) in [5, 5.41) is 12.3. The maximum absolute atomic E-state index is 12.2. The molecule has 3 atom stereocenters. The molecule has 2 aliphatic rings. The number of rotatable bonds is 4. The molecule has 1 heterocycles. The summed E-state index contributed by atoms with van der Waals surface area (Å²) in [6.07, 6.45) is 4.89. The molecule has 1 saturated heterocycles. The highest BCUT2D eigenvalue weighted by Gasteiger charge is 2.30. The Labute approximate surface area is 119 Å². The molecule has 4 N–H and O–H groups in total. The quantitative estimate of drug-likeness (QED) is 0.692. The fourth-order valence-electron chi connectivity index (χ4n) is 3.39. The van der Waals surface area contributed by atoms with Gasteiger partial charge in [0.2, 0.25) is 5.91 Å². The molecule has 3 unspecified atom stereocenters. The SMILES string of the molecule is NC(=O)N1CCCC(C(=O)NCC2CCCC2CO)C1. The van der Waals surface area contributed by atoms with E-state index in [2.05, 4.69) is 5.32 Å². The van der Waals surface area contributed by atoms with Crippen LogP contribution in [0.1, 0.15) is 32.1 Å². The van der Waals surface area contributed by atoms with E-state index >= 15 is 0 Å². The number of nitrogens with one attached hydrogen (secondary N) is 1. The number of primary amides is 1. The Morgan fingerprint density at radius 3 is 2.65 bits per heavy atom. The highest BCUT2D eigenvalue weighted by molar-refractivity contribution is 5.80. The van der Waals surface area contributed by atoms with E-state index in [1.165, 1.54) is 0 Å². The Kier molecular flexibility index (Phi) is 5.23. The first kappa shape index (κ1) is 15.1. The van der Waals surface area contributed by atoms with Crippen LogP contribution in [0.15, 0.2) is 0 Å². The van der Waals surface area contributed by atoms with Crippen molar-refractivity contribution in [1.82, 2.24) is 10.2 Å². The monoisotopic (exact) mass is 283 g/mol. The minimum atomic E-state index is -0.446. The van der Waals surface area contributed by atoms with Gasteiger partial charge < -0.3 is 21.1 Å². The van der Waals surface area contributed by atoms with Gasteiger partial charge >= 0.3 is 6.03 Å². The second kappa shape index (κ2) is 6.92. The van der Waals surface area contributed by atoms with Gasteiger partial charge in [-0.2, -0.15) is 0 Å². The number of nitrogens with two attached hydrogens (primary N) is 1. The van der Waals surface area contributed by atoms with E-state index in [-0.39, 0.29) is 18.4 Å². The van der Waals surface area contributed by atoms with Crippen LogP contribution in [0.5, 0.6) is 0 Å². The van der Waals surface area contributed by atoms with Crippen molar-refractivity contribution >= 4 is 11.9 Å². The smallest absolute Gasteiger partial charge is 0.314 e. The van der Waals surface area contributed by atoms with E-state index in [4.69, 9.17) is 5.73 Å². The van der Waals surface area contributed by atoms with E-state index in [0.29, 0.717) is 31.5 Å². The minimum absolute atomic E-state index is 0.0135. The highest BCUT2D eigenvalue weighted by Crippen LogP contribution is 2.30. The molecule has 0 aromatic rings. The Hall–Kier alpha value is -1.30. The zero-order chi connectivity index (χ0) is 14.5. The van der Waals surface area contributed by atoms with Gasteiger partial charge in [-0.1, -0.05) is 6.42 Å². The summed E-state index contributed by atoms with van der Waals surface area (Å²) in [6, 6.07) is -0.446. The van der Waals surface area contributed by atoms with Gasteiger partial charge in [-0.05, 0) is 37.5 Å². The van der Waals surface area contributed by atoms with E-state index < -0.39 is 6.03 Å². The summed E-state index contributed by atoms with van der Waals surface area (Å²) in [4.78, 5) is 24.9. The molecule has 6 heteroatoms. The standard InChI is InChI=1S/C14H25N3O3/c15-14(20)17-6-2-5-11(8-17)13(19)16-7-10-3-1-4-12(10)9-18/h10-12,18H,1-9H2,(H2,15,20)(H,16,19). The average molecular weight is 283 g/mol. The number of hydrogen-bond acceptors (Lipinski definition) is 3. The lowest BCUT2D eigenvalue weighted by Crippen LogP contribution is -2.48. The van der Waals surface area contributed by atoms with Crippen molar-refractivity contribution in [3.8, 4) is 0 Å². The molecule has 0 aromatic heterocycles. The van der Waals surface area contributed by atoms with E-state index in [0.717, 1.165) is 32.1 Å². The highest BCUT2D eigenvalue weighted by atomic mass is 16.3. The number of likely N-dealkylation sites (tertiary alicyclic amines) is 1. The maximum atomic E-state index is 12.2. The molecule has 6 nitrogen and oxygen atoms in total. The summed E-state index contributed by atoms with van der Waals surface area (Å²) in [5.41, 5.74) is 5.27. The van der Waals surface area contributed by atoms with Crippen LogP contribution in [0.2, 0.25) is 0 Å². The molecule has 3 amide bonds. The largest absolute Gasteiger partial charge is 0.396 e. The molecule has 2 fully saturated rings. The van der Waals surface area contributed by atoms with Gasteiger partial charge in [0.25, 0.3) is 0 Å². The van der Waals surface area contributed by atoms with Crippen molar-refractivity contribution in [2.24, 2.45) is 23.5 Å². The van der Waals surface area contributed by atoms with E-state index in [1.54, 1.807) is 4.90 Å². The normalized spacial score (nSPS) is 30.2. The molecule has 0 spiro atoms. The lowest BCUT2D eigenvalue weighted by atomic mass is 9.95. The third kappa shape index (κ3) is 3.62. The fourth-order valence-corrected chi connectivity index (χ4v) is 3.39. The number of carbonyl (C=O) groups excluding carboxylic acids is 2. The molecular weight excluding hydrogens is 258 g/mol. The van der Waals surface area contributed by atoms with Crippen LogP contribution in [-0.4, -0.2) is 48.2 Å². The molecule has 20 heavy (non-hydrogen) atoms. The van der Waals surface area contributed by atoms with Gasteiger partial charge in [-0.15, -0.1) is 0 Å². The Bertz CT molecular complexity index is 362. The second-order valence-electron chi connectivity index (χ2n) is 6.00. The Morgan fingerprint density at radius 1 is 1.20 bits per heavy atom. The molecule has 1 aliphatic carbocycles. The summed E-state index contributed by atoms with van der Waals surface area (Å²) in [7, 11) is 0. The van der Waals surface area contributed by atoms with Crippen LogP contribution in [0.3, 0.4) is 0 Å². The number of nitrogens with zero attached hydrogens (tertiary/aromatic N) is 1. The van der Waals surface area contributed by atoms with Crippen molar-refractivity contribution in [3.63, 3.8) is 0 Å². The number of piperidine rings is 1. The number of aliphatic hydroxyl groups is 1.